The number of carboxylic acids is 1. The minimum Gasteiger partial charge on any atom is -0.480 e. The van der Waals surface area contributed by atoms with E-state index < -0.39 is 29.6 Å². The van der Waals surface area contributed by atoms with Gasteiger partial charge in [-0.2, -0.15) is 13.2 Å². The monoisotopic (exact) mass is 265 g/mol. The van der Waals surface area contributed by atoms with Crippen molar-refractivity contribution in [3.05, 3.63) is 29.6 Å². The molecule has 0 spiro atoms. The third-order valence-corrected chi connectivity index (χ3v) is 2.32. The summed E-state index contributed by atoms with van der Waals surface area (Å²) in [7, 11) is 0. The Morgan fingerprint density at radius 2 is 2.06 bits per heavy atom. The zero-order chi connectivity index (χ0) is 13.9. The van der Waals surface area contributed by atoms with Crippen LogP contribution in [-0.2, 0) is 11.0 Å². The van der Waals surface area contributed by atoms with Crippen LogP contribution in [0.3, 0.4) is 0 Å². The van der Waals surface area contributed by atoms with Crippen LogP contribution in [0.1, 0.15) is 18.9 Å². The first-order valence-electron chi connectivity index (χ1n) is 5.11. The third-order valence-electron chi connectivity index (χ3n) is 2.32. The Hall–Kier alpha value is -1.79. The van der Waals surface area contributed by atoms with Crippen LogP contribution < -0.4 is 5.32 Å². The van der Waals surface area contributed by atoms with E-state index in [9.17, 15) is 22.4 Å². The Bertz CT molecular complexity index is 445. The van der Waals surface area contributed by atoms with Gasteiger partial charge in [0.1, 0.15) is 11.9 Å². The van der Waals surface area contributed by atoms with Crippen molar-refractivity contribution < 1.29 is 27.5 Å². The van der Waals surface area contributed by atoms with Gasteiger partial charge in [-0.1, -0.05) is 6.92 Å². The maximum atomic E-state index is 13.0. The van der Waals surface area contributed by atoms with E-state index >= 15 is 0 Å². The standard InChI is InChI=1S/C11H11F4NO2/c1-2-9(10(17)18)16-6-3-4-8(12)7(5-6)11(13,14)15/h3-5,9,16H,2H2,1H3,(H,17,18). The van der Waals surface area contributed by atoms with E-state index in [0.717, 1.165) is 6.07 Å². The number of alkyl halides is 3. The van der Waals surface area contributed by atoms with Gasteiger partial charge in [0.15, 0.2) is 0 Å². The van der Waals surface area contributed by atoms with Gasteiger partial charge < -0.3 is 10.4 Å². The Kier molecular flexibility index (Phi) is 4.15. The molecule has 2 N–H and O–H groups in total. The Balaban J connectivity index is 3.02. The molecule has 0 bridgehead atoms. The zero-order valence-electron chi connectivity index (χ0n) is 9.38. The minimum atomic E-state index is -4.81. The molecule has 1 atom stereocenters. The first-order chi connectivity index (χ1) is 8.25. The SMILES string of the molecule is CCC(Nc1ccc(F)c(C(F)(F)F)c1)C(=O)O. The summed E-state index contributed by atoms with van der Waals surface area (Å²) in [6.45, 7) is 1.57. The predicted octanol–water partition coefficient (Wildman–Crippen LogP) is 3.12. The molecule has 3 nitrogen and oxygen atoms in total. The summed E-state index contributed by atoms with van der Waals surface area (Å²) in [5.41, 5.74) is -1.51. The van der Waals surface area contributed by atoms with Gasteiger partial charge in [0.05, 0.1) is 5.56 Å². The summed E-state index contributed by atoms with van der Waals surface area (Å²) in [6.07, 6.45) is -4.62. The van der Waals surface area contributed by atoms with Crippen molar-refractivity contribution in [2.45, 2.75) is 25.6 Å². The molecule has 0 amide bonds. The van der Waals surface area contributed by atoms with Crippen LogP contribution in [0, 0.1) is 5.82 Å². The molecule has 0 aliphatic heterocycles. The molecule has 0 aliphatic rings. The second-order valence-electron chi connectivity index (χ2n) is 3.64. The lowest BCUT2D eigenvalue weighted by atomic mass is 10.1. The topological polar surface area (TPSA) is 49.3 Å². The van der Waals surface area contributed by atoms with Crippen molar-refractivity contribution in [3.8, 4) is 0 Å². The number of benzene rings is 1. The van der Waals surface area contributed by atoms with Crippen molar-refractivity contribution in [1.29, 1.82) is 0 Å². The van der Waals surface area contributed by atoms with Crippen LogP contribution in [-0.4, -0.2) is 17.1 Å². The molecule has 1 unspecified atom stereocenters. The molecule has 0 aromatic heterocycles. The van der Waals surface area contributed by atoms with Gasteiger partial charge >= 0.3 is 12.1 Å². The number of carboxylic acid groups (broad SMARTS) is 1. The summed E-state index contributed by atoms with van der Waals surface area (Å²) in [4.78, 5) is 10.7. The number of aliphatic carboxylic acids is 1. The van der Waals surface area contributed by atoms with Crippen molar-refractivity contribution in [1.82, 2.24) is 0 Å². The fourth-order valence-corrected chi connectivity index (χ4v) is 1.37. The summed E-state index contributed by atoms with van der Waals surface area (Å²) in [5.74, 6) is -2.58. The number of carbonyl (C=O) groups is 1. The minimum absolute atomic E-state index is 0.0852. The van der Waals surface area contributed by atoms with E-state index in [1.807, 2.05) is 0 Å². The highest BCUT2D eigenvalue weighted by Gasteiger charge is 2.34. The van der Waals surface area contributed by atoms with Crippen molar-refractivity contribution in [3.63, 3.8) is 0 Å². The van der Waals surface area contributed by atoms with E-state index in [1.54, 1.807) is 6.92 Å². The smallest absolute Gasteiger partial charge is 0.419 e. The van der Waals surface area contributed by atoms with Gasteiger partial charge in [-0.25, -0.2) is 9.18 Å². The van der Waals surface area contributed by atoms with Crippen molar-refractivity contribution >= 4 is 11.7 Å². The average Bonchev–Trinajstić information content (AvgIpc) is 2.25. The fourth-order valence-electron chi connectivity index (χ4n) is 1.37. The van der Waals surface area contributed by atoms with E-state index in [0.29, 0.717) is 12.1 Å². The molecule has 100 valence electrons. The van der Waals surface area contributed by atoms with Gasteiger partial charge in [-0.15, -0.1) is 0 Å². The summed E-state index contributed by atoms with van der Waals surface area (Å²) in [6, 6.07) is 1.26. The molecular formula is C11H11F4NO2. The Labute approximate surface area is 100 Å². The highest BCUT2D eigenvalue weighted by molar-refractivity contribution is 5.77. The number of hydrogen-bond donors (Lipinski definition) is 2. The maximum Gasteiger partial charge on any atom is 0.419 e. The first kappa shape index (κ1) is 14.3. The van der Waals surface area contributed by atoms with Crippen LogP contribution in [0.2, 0.25) is 0 Å². The quantitative estimate of drug-likeness (QED) is 0.822. The van der Waals surface area contributed by atoms with Gasteiger partial charge in [-0.05, 0) is 24.6 Å². The van der Waals surface area contributed by atoms with Gasteiger partial charge in [-0.3, -0.25) is 0 Å². The normalized spacial score (nSPS) is 13.2. The molecule has 1 aromatic rings. The van der Waals surface area contributed by atoms with Crippen molar-refractivity contribution in [2.24, 2.45) is 0 Å². The van der Waals surface area contributed by atoms with Crippen LogP contribution >= 0.6 is 0 Å². The van der Waals surface area contributed by atoms with E-state index in [1.165, 1.54) is 0 Å². The number of halogens is 4. The van der Waals surface area contributed by atoms with Crippen LogP contribution in [0.15, 0.2) is 18.2 Å². The van der Waals surface area contributed by atoms with E-state index in [-0.39, 0.29) is 12.1 Å². The number of anilines is 1. The second-order valence-corrected chi connectivity index (χ2v) is 3.64. The first-order valence-corrected chi connectivity index (χ1v) is 5.11. The molecule has 0 saturated heterocycles. The van der Waals surface area contributed by atoms with Gasteiger partial charge in [0, 0.05) is 5.69 Å². The highest BCUT2D eigenvalue weighted by Crippen LogP contribution is 2.33. The number of rotatable bonds is 4. The molecule has 0 saturated carbocycles. The lowest BCUT2D eigenvalue weighted by Crippen LogP contribution is -2.28. The Morgan fingerprint density at radius 3 is 2.50 bits per heavy atom. The second kappa shape index (κ2) is 5.24. The third kappa shape index (κ3) is 3.35. The molecular weight excluding hydrogens is 254 g/mol. The molecule has 0 aliphatic carbocycles. The molecule has 1 rings (SSSR count). The number of nitrogens with one attached hydrogen (secondary N) is 1. The molecule has 0 heterocycles. The van der Waals surface area contributed by atoms with Crippen LogP contribution in [0.4, 0.5) is 23.2 Å². The Morgan fingerprint density at radius 1 is 1.44 bits per heavy atom. The predicted molar refractivity (Wildman–Crippen MR) is 56.7 cm³/mol. The fraction of sp³-hybridized carbons (Fsp3) is 0.364. The highest BCUT2D eigenvalue weighted by atomic mass is 19.4. The lowest BCUT2D eigenvalue weighted by Gasteiger charge is -2.15. The van der Waals surface area contributed by atoms with Gasteiger partial charge in [0.25, 0.3) is 0 Å². The molecule has 1 aromatic carbocycles. The van der Waals surface area contributed by atoms with Gasteiger partial charge in [0.2, 0.25) is 0 Å². The number of hydrogen-bond acceptors (Lipinski definition) is 2. The summed E-state index contributed by atoms with van der Waals surface area (Å²) < 4.78 is 50.2. The van der Waals surface area contributed by atoms with Crippen LogP contribution in [0.25, 0.3) is 0 Å². The molecule has 18 heavy (non-hydrogen) atoms. The summed E-state index contributed by atoms with van der Waals surface area (Å²) >= 11 is 0. The van der Waals surface area contributed by atoms with Crippen molar-refractivity contribution in [2.75, 3.05) is 5.32 Å². The van der Waals surface area contributed by atoms with E-state index in [4.69, 9.17) is 5.11 Å². The largest absolute Gasteiger partial charge is 0.480 e. The maximum absolute atomic E-state index is 13.0. The molecule has 0 fully saturated rings. The van der Waals surface area contributed by atoms with Crippen LogP contribution in [0.5, 0.6) is 0 Å². The molecule has 7 heteroatoms. The average molecular weight is 265 g/mol. The zero-order valence-corrected chi connectivity index (χ0v) is 9.38. The summed E-state index contributed by atoms with van der Waals surface area (Å²) in [5, 5.41) is 11.2. The molecule has 0 radical (unpaired) electrons. The lowest BCUT2D eigenvalue weighted by molar-refractivity contribution is -0.140. The van der Waals surface area contributed by atoms with E-state index in [2.05, 4.69) is 5.32 Å².